The minimum absolute atomic E-state index is 0.433. The van der Waals surface area contributed by atoms with Gasteiger partial charge in [0.2, 0.25) is 23.6 Å². The molecule has 6 aromatic carbocycles. The summed E-state index contributed by atoms with van der Waals surface area (Å²) in [6.45, 7) is 0. The SMILES string of the molecule is c1ccc(-c2ccc(-c3nnc(-c4ccc(-c5ccc(-c6nnc(-c7ccc(-c8ccccc8)cc7)o6)cc5-n5ccnc5)cc4)o3)cc2)cc1. The van der Waals surface area contributed by atoms with E-state index in [9.17, 15) is 0 Å². The van der Waals surface area contributed by atoms with E-state index in [-0.39, 0.29) is 0 Å². The summed E-state index contributed by atoms with van der Waals surface area (Å²) in [6, 6.07) is 50.9. The number of aromatic nitrogens is 6. The molecule has 9 aromatic rings. The summed E-state index contributed by atoms with van der Waals surface area (Å²) in [5.41, 5.74) is 10.8. The molecule has 9 rings (SSSR count). The molecule has 0 saturated heterocycles. The lowest BCUT2D eigenvalue weighted by Crippen LogP contribution is -1.95. The summed E-state index contributed by atoms with van der Waals surface area (Å²) in [5.74, 6) is 1.82. The Morgan fingerprint density at radius 3 is 1.22 bits per heavy atom. The molecule has 0 bridgehead atoms. The Hall–Kier alpha value is -7.19. The maximum Gasteiger partial charge on any atom is 0.248 e. The van der Waals surface area contributed by atoms with Crippen molar-refractivity contribution in [2.24, 2.45) is 0 Å². The third kappa shape index (κ3) is 6.02. The summed E-state index contributed by atoms with van der Waals surface area (Å²) < 4.78 is 14.2. The summed E-state index contributed by atoms with van der Waals surface area (Å²) in [4.78, 5) is 4.29. The van der Waals surface area contributed by atoms with Crippen molar-refractivity contribution in [2.75, 3.05) is 0 Å². The van der Waals surface area contributed by atoms with Gasteiger partial charge in [0, 0.05) is 40.2 Å². The Bertz CT molecular complexity index is 2540. The first kappa shape index (κ1) is 29.9. The van der Waals surface area contributed by atoms with Gasteiger partial charge in [0.15, 0.2) is 0 Å². The minimum atomic E-state index is 0.433. The molecule has 0 N–H and O–H groups in total. The molecule has 8 heteroatoms. The van der Waals surface area contributed by atoms with E-state index in [0.717, 1.165) is 61.3 Å². The molecule has 0 aliphatic heterocycles. The maximum atomic E-state index is 6.17. The van der Waals surface area contributed by atoms with Gasteiger partial charge in [-0.1, -0.05) is 103 Å². The number of benzene rings is 6. The van der Waals surface area contributed by atoms with Gasteiger partial charge in [0.25, 0.3) is 0 Å². The Balaban J connectivity index is 0.964. The number of rotatable bonds is 8. The van der Waals surface area contributed by atoms with Crippen LogP contribution in [0, 0.1) is 0 Å². The molecule has 0 fully saturated rings. The van der Waals surface area contributed by atoms with Crippen molar-refractivity contribution in [2.45, 2.75) is 0 Å². The van der Waals surface area contributed by atoms with E-state index in [1.54, 1.807) is 12.5 Å². The fourth-order valence-corrected chi connectivity index (χ4v) is 6.10. The molecule has 8 nitrogen and oxygen atoms in total. The Morgan fingerprint density at radius 2 is 0.765 bits per heavy atom. The summed E-state index contributed by atoms with van der Waals surface area (Å²) >= 11 is 0. The van der Waals surface area contributed by atoms with E-state index in [1.165, 1.54) is 0 Å². The second-order valence-electron chi connectivity index (χ2n) is 12.0. The molecule has 3 aromatic heterocycles. The fourth-order valence-electron chi connectivity index (χ4n) is 6.10. The van der Waals surface area contributed by atoms with Crippen molar-refractivity contribution in [1.29, 1.82) is 0 Å². The Labute approximate surface area is 293 Å². The molecule has 0 atom stereocenters. The van der Waals surface area contributed by atoms with Crippen molar-refractivity contribution in [3.8, 4) is 84.9 Å². The topological polar surface area (TPSA) is 95.7 Å². The van der Waals surface area contributed by atoms with Gasteiger partial charge in [0.1, 0.15) is 0 Å². The average Bonchev–Trinajstić information content (AvgIpc) is 4.02. The van der Waals surface area contributed by atoms with Crippen LogP contribution in [-0.2, 0) is 0 Å². The van der Waals surface area contributed by atoms with E-state index >= 15 is 0 Å². The molecule has 0 saturated carbocycles. The standard InChI is InChI=1S/C43H28N6O2/c1-3-7-29(8-4-1)31-11-17-34(18-12-31)40-45-46-41(50-40)36-21-15-33(16-22-36)38-24-23-37(27-39(38)49-26-25-44-28-49)43-48-47-42(51-43)35-19-13-32(14-20-35)30-9-5-2-6-10-30/h1-28H. The fraction of sp³-hybridized carbons (Fsp3) is 0. The number of imidazole rings is 1. The first-order valence-electron chi connectivity index (χ1n) is 16.5. The Kier molecular flexibility index (Phi) is 7.64. The van der Waals surface area contributed by atoms with Crippen molar-refractivity contribution >= 4 is 0 Å². The highest BCUT2D eigenvalue weighted by atomic mass is 16.4. The smallest absolute Gasteiger partial charge is 0.248 e. The van der Waals surface area contributed by atoms with Crippen LogP contribution in [0.1, 0.15) is 0 Å². The van der Waals surface area contributed by atoms with Gasteiger partial charge >= 0.3 is 0 Å². The molecular formula is C43H28N6O2. The van der Waals surface area contributed by atoms with E-state index in [2.05, 4.69) is 80.0 Å². The first-order chi connectivity index (χ1) is 25.2. The monoisotopic (exact) mass is 660 g/mol. The largest absolute Gasteiger partial charge is 0.416 e. The minimum Gasteiger partial charge on any atom is -0.416 e. The van der Waals surface area contributed by atoms with Crippen LogP contribution < -0.4 is 0 Å². The lowest BCUT2D eigenvalue weighted by molar-refractivity contribution is 0.584. The van der Waals surface area contributed by atoms with E-state index in [4.69, 9.17) is 8.83 Å². The highest BCUT2D eigenvalue weighted by Crippen LogP contribution is 2.34. The molecule has 242 valence electrons. The molecule has 0 radical (unpaired) electrons. The third-order valence-corrected chi connectivity index (χ3v) is 8.80. The highest BCUT2D eigenvalue weighted by Gasteiger charge is 2.16. The Morgan fingerprint density at radius 1 is 0.373 bits per heavy atom. The molecular weight excluding hydrogens is 633 g/mol. The number of hydrogen-bond acceptors (Lipinski definition) is 7. The molecule has 0 unspecified atom stereocenters. The van der Waals surface area contributed by atoms with Gasteiger partial charge < -0.3 is 13.4 Å². The molecule has 3 heterocycles. The zero-order chi connectivity index (χ0) is 34.0. The maximum absolute atomic E-state index is 6.17. The molecule has 0 spiro atoms. The van der Waals surface area contributed by atoms with Gasteiger partial charge in [-0.05, 0) is 76.3 Å². The average molecular weight is 661 g/mol. The van der Waals surface area contributed by atoms with Crippen LogP contribution >= 0.6 is 0 Å². The second-order valence-corrected chi connectivity index (χ2v) is 12.0. The molecule has 51 heavy (non-hydrogen) atoms. The van der Waals surface area contributed by atoms with Gasteiger partial charge in [0.05, 0.1) is 12.0 Å². The summed E-state index contributed by atoms with van der Waals surface area (Å²) in [5, 5.41) is 17.4. The van der Waals surface area contributed by atoms with Crippen molar-refractivity contribution in [1.82, 2.24) is 29.9 Å². The lowest BCUT2D eigenvalue weighted by atomic mass is 10.00. The van der Waals surface area contributed by atoms with Crippen LogP contribution in [0.3, 0.4) is 0 Å². The third-order valence-electron chi connectivity index (χ3n) is 8.80. The van der Waals surface area contributed by atoms with Crippen LogP contribution in [0.4, 0.5) is 0 Å². The lowest BCUT2D eigenvalue weighted by Gasteiger charge is -2.12. The van der Waals surface area contributed by atoms with Crippen LogP contribution in [0.15, 0.2) is 179 Å². The molecule has 0 amide bonds. The predicted octanol–water partition coefficient (Wildman–Crippen LogP) is 10.3. The summed E-state index contributed by atoms with van der Waals surface area (Å²) in [6.07, 6.45) is 5.44. The van der Waals surface area contributed by atoms with Crippen LogP contribution in [0.25, 0.3) is 84.9 Å². The van der Waals surface area contributed by atoms with Crippen LogP contribution in [-0.4, -0.2) is 29.9 Å². The predicted molar refractivity (Wildman–Crippen MR) is 197 cm³/mol. The quantitative estimate of drug-likeness (QED) is 0.160. The van der Waals surface area contributed by atoms with Gasteiger partial charge in [-0.3, -0.25) is 0 Å². The first-order valence-corrected chi connectivity index (χ1v) is 16.5. The van der Waals surface area contributed by atoms with Crippen molar-refractivity contribution in [3.63, 3.8) is 0 Å². The molecule has 0 aliphatic carbocycles. The van der Waals surface area contributed by atoms with E-state index < -0.39 is 0 Å². The van der Waals surface area contributed by atoms with E-state index in [0.29, 0.717) is 23.6 Å². The zero-order valence-electron chi connectivity index (χ0n) is 27.2. The van der Waals surface area contributed by atoms with Crippen LogP contribution in [0.2, 0.25) is 0 Å². The van der Waals surface area contributed by atoms with Gasteiger partial charge in [-0.15, -0.1) is 20.4 Å². The second kappa shape index (κ2) is 13.0. The van der Waals surface area contributed by atoms with Gasteiger partial charge in [-0.25, -0.2) is 4.98 Å². The van der Waals surface area contributed by atoms with Gasteiger partial charge in [-0.2, -0.15) is 0 Å². The highest BCUT2D eigenvalue weighted by molar-refractivity contribution is 5.78. The van der Waals surface area contributed by atoms with Crippen molar-refractivity contribution < 1.29 is 8.83 Å². The van der Waals surface area contributed by atoms with Crippen molar-refractivity contribution in [3.05, 3.63) is 170 Å². The number of nitrogens with zero attached hydrogens (tertiary/aromatic N) is 6. The number of hydrogen-bond donors (Lipinski definition) is 0. The normalized spacial score (nSPS) is 11.1. The zero-order valence-corrected chi connectivity index (χ0v) is 27.2. The van der Waals surface area contributed by atoms with E-state index in [1.807, 2.05) is 108 Å². The van der Waals surface area contributed by atoms with Crippen LogP contribution in [0.5, 0.6) is 0 Å². The summed E-state index contributed by atoms with van der Waals surface area (Å²) in [7, 11) is 0. The molecule has 0 aliphatic rings.